The second-order valence-electron chi connectivity index (χ2n) is 6.89. The minimum absolute atomic E-state index is 0.151. The van der Waals surface area contributed by atoms with Gasteiger partial charge < -0.3 is 14.8 Å². The molecule has 9 heteroatoms. The maximum atomic E-state index is 12.8. The van der Waals surface area contributed by atoms with E-state index in [-0.39, 0.29) is 16.5 Å². The van der Waals surface area contributed by atoms with Crippen molar-refractivity contribution < 1.29 is 13.2 Å². The van der Waals surface area contributed by atoms with Crippen LogP contribution in [0.2, 0.25) is 0 Å². The number of pyridine rings is 1. The van der Waals surface area contributed by atoms with E-state index in [4.69, 9.17) is 0 Å². The molecule has 146 valence electrons. The van der Waals surface area contributed by atoms with Crippen molar-refractivity contribution in [3.8, 4) is 0 Å². The van der Waals surface area contributed by atoms with Crippen LogP contribution < -0.4 is 10.2 Å². The van der Waals surface area contributed by atoms with E-state index in [9.17, 15) is 13.2 Å². The Morgan fingerprint density at radius 1 is 1.19 bits per heavy atom. The number of carbonyl (C=O) groups excluding carboxylic acids is 1. The summed E-state index contributed by atoms with van der Waals surface area (Å²) in [5.41, 5.74) is 0.828. The second kappa shape index (κ2) is 7.69. The molecule has 0 bridgehead atoms. The Hall–Kier alpha value is -2.39. The van der Waals surface area contributed by atoms with Gasteiger partial charge in [0.2, 0.25) is 10.0 Å². The summed E-state index contributed by atoms with van der Waals surface area (Å²) in [5.74, 6) is 0.402. The number of sulfonamides is 1. The van der Waals surface area contributed by atoms with E-state index in [0.29, 0.717) is 18.8 Å². The first-order valence-electron chi connectivity index (χ1n) is 8.90. The van der Waals surface area contributed by atoms with Gasteiger partial charge in [0.15, 0.2) is 0 Å². The number of amides is 1. The molecule has 1 N–H and O–H groups in total. The molecular formula is C18H25N5O3S. The van der Waals surface area contributed by atoms with Crippen LogP contribution in [0.4, 0.5) is 11.5 Å². The van der Waals surface area contributed by atoms with Crippen LogP contribution in [0.1, 0.15) is 29.8 Å². The van der Waals surface area contributed by atoms with E-state index in [2.05, 4.69) is 10.3 Å². The number of piperidine rings is 1. The molecule has 0 aliphatic carbocycles. The van der Waals surface area contributed by atoms with Crippen LogP contribution in [-0.2, 0) is 17.1 Å². The third kappa shape index (κ3) is 4.14. The molecule has 1 aliphatic rings. The molecule has 0 spiro atoms. The number of hydrogen-bond acceptors (Lipinski definition) is 5. The maximum absolute atomic E-state index is 12.8. The van der Waals surface area contributed by atoms with Gasteiger partial charge in [-0.1, -0.05) is 6.42 Å². The highest BCUT2D eigenvalue weighted by atomic mass is 32.2. The third-order valence-corrected chi connectivity index (χ3v) is 6.49. The highest BCUT2D eigenvalue weighted by molar-refractivity contribution is 7.89. The van der Waals surface area contributed by atoms with Crippen molar-refractivity contribution in [3.05, 3.63) is 36.3 Å². The van der Waals surface area contributed by atoms with Gasteiger partial charge in [0.05, 0.1) is 11.9 Å². The molecule has 8 nitrogen and oxygen atoms in total. The number of aromatic nitrogens is 2. The van der Waals surface area contributed by atoms with Crippen molar-refractivity contribution in [2.24, 2.45) is 7.05 Å². The van der Waals surface area contributed by atoms with Crippen LogP contribution in [0.25, 0.3) is 0 Å². The molecule has 2 aromatic rings. The Balaban J connectivity index is 1.78. The molecule has 0 aromatic carbocycles. The summed E-state index contributed by atoms with van der Waals surface area (Å²) < 4.78 is 28.6. The van der Waals surface area contributed by atoms with E-state index in [1.54, 1.807) is 25.4 Å². The number of anilines is 2. The van der Waals surface area contributed by atoms with Crippen LogP contribution >= 0.6 is 0 Å². The number of carbonyl (C=O) groups is 1. The first-order valence-corrected chi connectivity index (χ1v) is 10.3. The van der Waals surface area contributed by atoms with E-state index < -0.39 is 10.0 Å². The summed E-state index contributed by atoms with van der Waals surface area (Å²) in [7, 11) is 1.86. The molecule has 3 rings (SSSR count). The lowest BCUT2D eigenvalue weighted by Crippen LogP contribution is -2.35. The molecule has 27 heavy (non-hydrogen) atoms. The third-order valence-electron chi connectivity index (χ3n) is 4.63. The van der Waals surface area contributed by atoms with Gasteiger partial charge in [-0.05, 0) is 31.0 Å². The zero-order chi connectivity index (χ0) is 19.6. The molecule has 0 unspecified atom stereocenters. The van der Waals surface area contributed by atoms with Gasteiger partial charge in [0.1, 0.15) is 16.4 Å². The lowest BCUT2D eigenvalue weighted by Gasteiger charge is -2.25. The highest BCUT2D eigenvalue weighted by Gasteiger charge is 2.28. The number of nitrogens with zero attached hydrogens (tertiary/aromatic N) is 4. The summed E-state index contributed by atoms with van der Waals surface area (Å²) in [4.78, 5) is 18.9. The summed E-state index contributed by atoms with van der Waals surface area (Å²) in [5, 5.41) is 2.76. The first kappa shape index (κ1) is 19.4. The van der Waals surface area contributed by atoms with Gasteiger partial charge in [0.25, 0.3) is 5.91 Å². The van der Waals surface area contributed by atoms with Gasteiger partial charge in [0, 0.05) is 40.4 Å². The molecule has 0 radical (unpaired) electrons. The number of rotatable bonds is 5. The number of hydrogen-bond donors (Lipinski definition) is 1. The fourth-order valence-electron chi connectivity index (χ4n) is 3.08. The van der Waals surface area contributed by atoms with Crippen molar-refractivity contribution in [3.63, 3.8) is 0 Å². The fourth-order valence-corrected chi connectivity index (χ4v) is 4.66. The highest BCUT2D eigenvalue weighted by Crippen LogP contribution is 2.23. The van der Waals surface area contributed by atoms with Crippen LogP contribution in [0, 0.1) is 0 Å². The standard InChI is InChI=1S/C18H25N5O3S/c1-21(2)17-8-7-14(12-19-17)20-18(24)16-11-15(13-22(16)3)27(25,26)23-9-5-4-6-10-23/h7-8,11-13H,4-6,9-10H2,1-3H3,(H,20,24). The van der Waals surface area contributed by atoms with Gasteiger partial charge in [-0.2, -0.15) is 4.31 Å². The Kier molecular flexibility index (Phi) is 5.52. The Morgan fingerprint density at radius 2 is 1.89 bits per heavy atom. The topological polar surface area (TPSA) is 87.5 Å². The predicted octanol–water partition coefficient (Wildman–Crippen LogP) is 1.91. The monoisotopic (exact) mass is 391 g/mol. The molecule has 0 atom stereocenters. The number of nitrogens with one attached hydrogen (secondary N) is 1. The van der Waals surface area contributed by atoms with E-state index in [0.717, 1.165) is 25.1 Å². The fraction of sp³-hybridized carbons (Fsp3) is 0.444. The Bertz CT molecular complexity index is 913. The van der Waals surface area contributed by atoms with Crippen LogP contribution in [-0.4, -0.2) is 55.4 Å². The normalized spacial score (nSPS) is 15.5. The lowest BCUT2D eigenvalue weighted by atomic mass is 10.2. The lowest BCUT2D eigenvalue weighted by molar-refractivity contribution is 0.101. The van der Waals surface area contributed by atoms with Gasteiger partial charge >= 0.3 is 0 Å². The van der Waals surface area contributed by atoms with Gasteiger partial charge in [-0.15, -0.1) is 0 Å². The zero-order valence-corrected chi connectivity index (χ0v) is 16.7. The van der Waals surface area contributed by atoms with E-state index >= 15 is 0 Å². The second-order valence-corrected chi connectivity index (χ2v) is 8.83. The summed E-state index contributed by atoms with van der Waals surface area (Å²) >= 11 is 0. The molecular weight excluding hydrogens is 366 g/mol. The minimum Gasteiger partial charge on any atom is -0.363 e. The molecule has 3 heterocycles. The smallest absolute Gasteiger partial charge is 0.272 e. The van der Waals surface area contributed by atoms with Crippen LogP contribution in [0.15, 0.2) is 35.5 Å². The van der Waals surface area contributed by atoms with Crippen molar-refractivity contribution in [2.45, 2.75) is 24.2 Å². The summed E-state index contributed by atoms with van der Waals surface area (Å²) in [6.45, 7) is 1.06. The average Bonchev–Trinajstić information content (AvgIpc) is 3.05. The molecule has 1 amide bonds. The largest absolute Gasteiger partial charge is 0.363 e. The SMILES string of the molecule is CN(C)c1ccc(NC(=O)c2cc(S(=O)(=O)N3CCCCC3)cn2C)cn1. The molecule has 1 fully saturated rings. The Morgan fingerprint density at radius 3 is 2.48 bits per heavy atom. The van der Waals surface area contributed by atoms with Gasteiger partial charge in [-0.3, -0.25) is 4.79 Å². The van der Waals surface area contributed by atoms with E-state index in [1.165, 1.54) is 21.1 Å². The van der Waals surface area contributed by atoms with Crippen molar-refractivity contribution in [2.75, 3.05) is 37.4 Å². The number of aryl methyl sites for hydroxylation is 1. The Labute approximate surface area is 159 Å². The predicted molar refractivity (Wildman–Crippen MR) is 105 cm³/mol. The molecule has 1 saturated heterocycles. The zero-order valence-electron chi connectivity index (χ0n) is 15.8. The van der Waals surface area contributed by atoms with Crippen LogP contribution in [0.5, 0.6) is 0 Å². The van der Waals surface area contributed by atoms with Crippen LogP contribution in [0.3, 0.4) is 0 Å². The van der Waals surface area contributed by atoms with Gasteiger partial charge in [-0.25, -0.2) is 13.4 Å². The first-order chi connectivity index (χ1) is 12.8. The summed E-state index contributed by atoms with van der Waals surface area (Å²) in [6, 6.07) is 4.99. The van der Waals surface area contributed by atoms with Crippen molar-refractivity contribution in [1.82, 2.24) is 13.9 Å². The quantitative estimate of drug-likeness (QED) is 0.841. The molecule has 0 saturated carbocycles. The molecule has 1 aliphatic heterocycles. The van der Waals surface area contributed by atoms with E-state index in [1.807, 2.05) is 19.0 Å². The molecule has 2 aromatic heterocycles. The average molecular weight is 391 g/mol. The minimum atomic E-state index is -3.57. The van der Waals surface area contributed by atoms with Crippen molar-refractivity contribution >= 4 is 27.4 Å². The summed E-state index contributed by atoms with van der Waals surface area (Å²) in [6.07, 6.45) is 5.85. The maximum Gasteiger partial charge on any atom is 0.272 e. The van der Waals surface area contributed by atoms with Crippen molar-refractivity contribution in [1.29, 1.82) is 0 Å².